The Morgan fingerprint density at radius 2 is 2.42 bits per heavy atom. The molecule has 64 valence electrons. The van der Waals surface area contributed by atoms with Crippen molar-refractivity contribution in [1.29, 1.82) is 0 Å². The lowest BCUT2D eigenvalue weighted by Crippen LogP contribution is -2.22. The molecule has 12 heavy (non-hydrogen) atoms. The van der Waals surface area contributed by atoms with E-state index in [1.165, 1.54) is 19.4 Å². The van der Waals surface area contributed by atoms with Gasteiger partial charge in [-0.2, -0.15) is 0 Å². The van der Waals surface area contributed by atoms with Crippen molar-refractivity contribution in [3.05, 3.63) is 29.6 Å². The fourth-order valence-corrected chi connectivity index (χ4v) is 0.845. The molecule has 4 nitrogen and oxygen atoms in total. The highest BCUT2D eigenvalue weighted by atomic mass is 16.5. The molecule has 0 N–H and O–H groups in total. The number of hydrogen-bond donors (Lipinski definition) is 0. The molecule has 0 aliphatic carbocycles. The standard InChI is InChI=1S/C8H9NO3/c1-12-5-6-2-7(8(10)11)4-9-3-6/h2-4H,5H2,1H3,(H,10,11)/p-1. The van der Waals surface area contributed by atoms with E-state index in [1.807, 2.05) is 0 Å². The van der Waals surface area contributed by atoms with Gasteiger partial charge >= 0.3 is 0 Å². The van der Waals surface area contributed by atoms with Crippen LogP contribution in [0.5, 0.6) is 0 Å². The Morgan fingerprint density at radius 3 is 3.00 bits per heavy atom. The molecule has 0 atom stereocenters. The number of ether oxygens (including phenoxy) is 1. The van der Waals surface area contributed by atoms with Crippen molar-refractivity contribution in [2.24, 2.45) is 0 Å². The summed E-state index contributed by atoms with van der Waals surface area (Å²) in [5.41, 5.74) is 0.795. The Balaban J connectivity index is 2.88. The van der Waals surface area contributed by atoms with Crippen LogP contribution < -0.4 is 5.11 Å². The van der Waals surface area contributed by atoms with Gasteiger partial charge in [0.25, 0.3) is 0 Å². The van der Waals surface area contributed by atoms with Crippen molar-refractivity contribution in [3.8, 4) is 0 Å². The average molecular weight is 166 g/mol. The van der Waals surface area contributed by atoms with Crippen LogP contribution in [-0.4, -0.2) is 18.1 Å². The summed E-state index contributed by atoms with van der Waals surface area (Å²) in [5.74, 6) is -1.22. The number of hydrogen-bond acceptors (Lipinski definition) is 4. The summed E-state index contributed by atoms with van der Waals surface area (Å²) in [6, 6.07) is 1.48. The number of pyridine rings is 1. The minimum atomic E-state index is -1.22. The molecule has 0 aliphatic rings. The molecular weight excluding hydrogens is 158 g/mol. The monoisotopic (exact) mass is 166 g/mol. The van der Waals surface area contributed by atoms with E-state index < -0.39 is 5.97 Å². The zero-order chi connectivity index (χ0) is 8.97. The molecule has 0 aliphatic heterocycles. The van der Waals surface area contributed by atoms with Gasteiger partial charge in [0.05, 0.1) is 12.6 Å². The van der Waals surface area contributed by atoms with Gasteiger partial charge in [-0.05, 0) is 11.6 Å². The predicted molar refractivity (Wildman–Crippen MR) is 39.3 cm³/mol. The molecule has 0 aromatic carbocycles. The first-order valence-corrected chi connectivity index (χ1v) is 3.38. The fraction of sp³-hybridized carbons (Fsp3) is 0.250. The minimum Gasteiger partial charge on any atom is -0.545 e. The van der Waals surface area contributed by atoms with Crippen molar-refractivity contribution in [2.45, 2.75) is 6.61 Å². The van der Waals surface area contributed by atoms with Gasteiger partial charge in [-0.3, -0.25) is 4.98 Å². The highest BCUT2D eigenvalue weighted by Gasteiger charge is 1.96. The normalized spacial score (nSPS) is 9.75. The van der Waals surface area contributed by atoms with E-state index in [2.05, 4.69) is 4.98 Å². The van der Waals surface area contributed by atoms with Gasteiger partial charge in [-0.25, -0.2) is 0 Å². The van der Waals surface area contributed by atoms with Crippen LogP contribution >= 0.6 is 0 Å². The smallest absolute Gasteiger partial charge is 0.0730 e. The Kier molecular flexibility index (Phi) is 2.76. The molecule has 0 saturated carbocycles. The number of methoxy groups -OCH3 is 1. The topological polar surface area (TPSA) is 62.2 Å². The van der Waals surface area contributed by atoms with Gasteiger partial charge in [-0.1, -0.05) is 0 Å². The van der Waals surface area contributed by atoms with Crippen LogP contribution in [0, 0.1) is 0 Å². The van der Waals surface area contributed by atoms with Crippen LogP contribution in [0.1, 0.15) is 15.9 Å². The van der Waals surface area contributed by atoms with Crippen LogP contribution in [0.15, 0.2) is 18.5 Å². The first kappa shape index (κ1) is 8.67. The van der Waals surface area contributed by atoms with Crippen molar-refractivity contribution in [3.63, 3.8) is 0 Å². The third-order valence-corrected chi connectivity index (χ3v) is 1.34. The Bertz CT molecular complexity index is 285. The van der Waals surface area contributed by atoms with Crippen LogP contribution in [0.3, 0.4) is 0 Å². The Labute approximate surface area is 69.8 Å². The van der Waals surface area contributed by atoms with Gasteiger partial charge < -0.3 is 14.6 Å². The molecule has 1 heterocycles. The summed E-state index contributed by atoms with van der Waals surface area (Å²) in [5, 5.41) is 10.4. The zero-order valence-corrected chi connectivity index (χ0v) is 6.61. The molecule has 0 unspecified atom stereocenters. The molecule has 1 aromatic rings. The maximum atomic E-state index is 10.4. The molecule has 0 radical (unpaired) electrons. The van der Waals surface area contributed by atoms with E-state index in [1.54, 1.807) is 6.20 Å². The molecule has 1 aromatic heterocycles. The third kappa shape index (κ3) is 2.03. The van der Waals surface area contributed by atoms with Crippen LogP contribution in [0.25, 0.3) is 0 Å². The van der Waals surface area contributed by atoms with Gasteiger partial charge in [0, 0.05) is 25.1 Å². The average Bonchev–Trinajstić information content (AvgIpc) is 2.05. The fourth-order valence-electron chi connectivity index (χ4n) is 0.845. The summed E-state index contributed by atoms with van der Waals surface area (Å²) in [7, 11) is 1.53. The molecule has 0 fully saturated rings. The van der Waals surface area contributed by atoms with Crippen molar-refractivity contribution in [2.75, 3.05) is 7.11 Å². The minimum absolute atomic E-state index is 0.0737. The number of carboxylic acid groups (broad SMARTS) is 1. The van der Waals surface area contributed by atoms with Crippen molar-refractivity contribution >= 4 is 5.97 Å². The van der Waals surface area contributed by atoms with Crippen LogP contribution in [0.2, 0.25) is 0 Å². The molecule has 4 heteroatoms. The lowest BCUT2D eigenvalue weighted by molar-refractivity contribution is -0.255. The van der Waals surface area contributed by atoms with Gasteiger partial charge in [-0.15, -0.1) is 0 Å². The zero-order valence-electron chi connectivity index (χ0n) is 6.61. The van der Waals surface area contributed by atoms with Crippen LogP contribution in [0.4, 0.5) is 0 Å². The van der Waals surface area contributed by atoms with E-state index >= 15 is 0 Å². The van der Waals surface area contributed by atoms with E-state index in [0.717, 1.165) is 5.56 Å². The number of carbonyl (C=O) groups is 1. The maximum absolute atomic E-state index is 10.4. The van der Waals surface area contributed by atoms with E-state index in [9.17, 15) is 9.90 Å². The number of carbonyl (C=O) groups excluding carboxylic acids is 1. The summed E-state index contributed by atoms with van der Waals surface area (Å²) >= 11 is 0. The first-order valence-electron chi connectivity index (χ1n) is 3.38. The molecule has 0 spiro atoms. The molecular formula is C8H8NO3-. The quantitative estimate of drug-likeness (QED) is 0.612. The van der Waals surface area contributed by atoms with Crippen molar-refractivity contribution in [1.82, 2.24) is 4.98 Å². The number of carboxylic acids is 1. The summed E-state index contributed by atoms with van der Waals surface area (Å²) in [6.45, 7) is 0.355. The second-order valence-electron chi connectivity index (χ2n) is 2.30. The number of rotatable bonds is 3. The second-order valence-corrected chi connectivity index (χ2v) is 2.30. The molecule has 0 amide bonds. The highest BCUT2D eigenvalue weighted by Crippen LogP contribution is 2.02. The summed E-state index contributed by atoms with van der Waals surface area (Å²) in [6.07, 6.45) is 2.80. The summed E-state index contributed by atoms with van der Waals surface area (Å²) < 4.78 is 4.81. The van der Waals surface area contributed by atoms with Gasteiger partial charge in [0.15, 0.2) is 0 Å². The predicted octanol–water partition coefficient (Wildman–Crippen LogP) is -0.409. The third-order valence-electron chi connectivity index (χ3n) is 1.34. The lowest BCUT2D eigenvalue weighted by atomic mass is 10.2. The van der Waals surface area contributed by atoms with Gasteiger partial charge in [0.1, 0.15) is 0 Å². The highest BCUT2D eigenvalue weighted by molar-refractivity contribution is 5.85. The SMILES string of the molecule is COCc1cncc(C(=O)[O-])c1. The number of nitrogens with zero attached hydrogens (tertiary/aromatic N) is 1. The summed E-state index contributed by atoms with van der Waals surface area (Å²) in [4.78, 5) is 14.1. The van der Waals surface area contributed by atoms with E-state index in [4.69, 9.17) is 4.74 Å². The van der Waals surface area contributed by atoms with E-state index in [0.29, 0.717) is 6.61 Å². The molecule has 0 saturated heterocycles. The first-order chi connectivity index (χ1) is 5.74. The Hall–Kier alpha value is -1.42. The second kappa shape index (κ2) is 3.82. The Morgan fingerprint density at radius 1 is 1.67 bits per heavy atom. The van der Waals surface area contributed by atoms with Crippen LogP contribution in [-0.2, 0) is 11.3 Å². The largest absolute Gasteiger partial charge is 0.545 e. The number of aromatic carboxylic acids is 1. The van der Waals surface area contributed by atoms with Crippen molar-refractivity contribution < 1.29 is 14.6 Å². The lowest BCUT2D eigenvalue weighted by Gasteiger charge is -2.03. The molecule has 1 rings (SSSR count). The van der Waals surface area contributed by atoms with E-state index in [-0.39, 0.29) is 5.56 Å². The number of aromatic nitrogens is 1. The molecule has 0 bridgehead atoms. The maximum Gasteiger partial charge on any atom is 0.0730 e. The van der Waals surface area contributed by atoms with Gasteiger partial charge in [0.2, 0.25) is 0 Å².